The Morgan fingerprint density at radius 1 is 1.33 bits per heavy atom. The normalized spacial score (nSPS) is 34.6. The Morgan fingerprint density at radius 3 is 2.61 bits per heavy atom. The van der Waals surface area contributed by atoms with Gasteiger partial charge in [-0.15, -0.1) is 0 Å². The zero-order chi connectivity index (χ0) is 13.3. The molecular formula is C13H21NO4. The van der Waals surface area contributed by atoms with E-state index in [1.165, 1.54) is 4.90 Å². The average molecular weight is 255 g/mol. The van der Waals surface area contributed by atoms with E-state index in [9.17, 15) is 19.8 Å². The molecule has 3 atom stereocenters. The highest BCUT2D eigenvalue weighted by Crippen LogP contribution is 2.48. The molecular weight excluding hydrogens is 234 g/mol. The van der Waals surface area contributed by atoms with Gasteiger partial charge in [-0.1, -0.05) is 26.2 Å². The molecule has 1 heterocycles. The lowest BCUT2D eigenvalue weighted by Crippen LogP contribution is -2.55. The van der Waals surface area contributed by atoms with Crippen molar-refractivity contribution in [3.8, 4) is 0 Å². The Bertz CT molecular complexity index is 357. The molecule has 1 aliphatic carbocycles. The number of amides is 1. The maximum absolute atomic E-state index is 11.7. The van der Waals surface area contributed by atoms with E-state index in [-0.39, 0.29) is 12.0 Å². The molecule has 2 aliphatic rings. The summed E-state index contributed by atoms with van der Waals surface area (Å²) < 4.78 is 0. The highest BCUT2D eigenvalue weighted by Gasteiger charge is 2.59. The van der Waals surface area contributed by atoms with Crippen LogP contribution in [-0.4, -0.2) is 38.8 Å². The molecule has 1 saturated heterocycles. The first-order valence-corrected chi connectivity index (χ1v) is 6.78. The third kappa shape index (κ3) is 1.85. The first-order valence-electron chi connectivity index (χ1n) is 6.78. The number of carbonyl (C=O) groups is 2. The van der Waals surface area contributed by atoms with Gasteiger partial charge in [0.2, 0.25) is 0 Å². The molecule has 5 heteroatoms. The third-order valence-corrected chi connectivity index (χ3v) is 4.56. The predicted octanol–water partition coefficient (Wildman–Crippen LogP) is 2.55. The lowest BCUT2D eigenvalue weighted by molar-refractivity contribution is -0.150. The number of rotatable bonds is 4. The van der Waals surface area contributed by atoms with Gasteiger partial charge < -0.3 is 10.2 Å². The van der Waals surface area contributed by atoms with Gasteiger partial charge in [-0.05, 0) is 31.6 Å². The van der Waals surface area contributed by atoms with E-state index >= 15 is 0 Å². The SMILES string of the molecule is CCCC[C@@]1(C(=O)O)C[C@@H]2CCC[C@@H]2N1C(=O)O. The molecule has 0 aromatic heterocycles. The van der Waals surface area contributed by atoms with Crippen molar-refractivity contribution < 1.29 is 19.8 Å². The fourth-order valence-corrected chi connectivity index (χ4v) is 3.76. The number of nitrogens with zero attached hydrogens (tertiary/aromatic N) is 1. The Kier molecular flexibility index (Phi) is 3.50. The van der Waals surface area contributed by atoms with Crippen molar-refractivity contribution >= 4 is 12.1 Å². The van der Waals surface area contributed by atoms with E-state index < -0.39 is 17.6 Å². The van der Waals surface area contributed by atoms with Crippen LogP contribution in [0.15, 0.2) is 0 Å². The first kappa shape index (κ1) is 13.2. The zero-order valence-corrected chi connectivity index (χ0v) is 10.8. The van der Waals surface area contributed by atoms with Crippen LogP contribution in [-0.2, 0) is 4.79 Å². The zero-order valence-electron chi connectivity index (χ0n) is 10.8. The summed E-state index contributed by atoms with van der Waals surface area (Å²) in [7, 11) is 0. The Balaban J connectivity index is 2.32. The smallest absolute Gasteiger partial charge is 0.408 e. The van der Waals surface area contributed by atoms with E-state index in [2.05, 4.69) is 0 Å². The number of aliphatic carboxylic acids is 1. The van der Waals surface area contributed by atoms with Gasteiger partial charge in [0.1, 0.15) is 5.54 Å². The van der Waals surface area contributed by atoms with Crippen molar-refractivity contribution in [2.75, 3.05) is 0 Å². The molecule has 0 unspecified atom stereocenters. The van der Waals surface area contributed by atoms with Gasteiger partial charge in [0.05, 0.1) is 0 Å². The molecule has 102 valence electrons. The summed E-state index contributed by atoms with van der Waals surface area (Å²) in [6.07, 6.45) is 4.32. The highest BCUT2D eigenvalue weighted by molar-refractivity contribution is 5.85. The van der Waals surface area contributed by atoms with Crippen LogP contribution < -0.4 is 0 Å². The van der Waals surface area contributed by atoms with Crippen molar-refractivity contribution in [2.24, 2.45) is 5.92 Å². The number of fused-ring (bicyclic) bond motifs is 1. The first-order chi connectivity index (χ1) is 8.53. The van der Waals surface area contributed by atoms with Gasteiger partial charge in [0.25, 0.3) is 0 Å². The van der Waals surface area contributed by atoms with E-state index in [1.807, 2.05) is 6.92 Å². The molecule has 5 nitrogen and oxygen atoms in total. The molecule has 0 spiro atoms. The summed E-state index contributed by atoms with van der Waals surface area (Å²) in [4.78, 5) is 24.4. The molecule has 0 radical (unpaired) electrons. The van der Waals surface area contributed by atoms with Crippen molar-refractivity contribution in [3.63, 3.8) is 0 Å². The lowest BCUT2D eigenvalue weighted by Gasteiger charge is -2.35. The number of hydrogen-bond donors (Lipinski definition) is 2. The molecule has 2 N–H and O–H groups in total. The standard InChI is InChI=1S/C13H21NO4/c1-2-3-7-13(11(15)16)8-9-5-4-6-10(9)14(13)12(17)18/h9-10H,2-8H2,1H3,(H,15,16)(H,17,18)/t9-,10-,13-/m0/s1. The Hall–Kier alpha value is -1.26. The summed E-state index contributed by atoms with van der Waals surface area (Å²) >= 11 is 0. The molecule has 2 fully saturated rings. The minimum Gasteiger partial charge on any atom is -0.479 e. The molecule has 0 aromatic rings. The molecule has 0 bridgehead atoms. The monoisotopic (exact) mass is 255 g/mol. The van der Waals surface area contributed by atoms with Crippen LogP contribution in [0.4, 0.5) is 4.79 Å². The van der Waals surface area contributed by atoms with Gasteiger partial charge >= 0.3 is 12.1 Å². The fraction of sp³-hybridized carbons (Fsp3) is 0.846. The van der Waals surface area contributed by atoms with Crippen LogP contribution in [0.3, 0.4) is 0 Å². The average Bonchev–Trinajstić information content (AvgIpc) is 2.83. The largest absolute Gasteiger partial charge is 0.479 e. The summed E-state index contributed by atoms with van der Waals surface area (Å²) in [6.45, 7) is 2.00. The molecule has 1 amide bonds. The van der Waals surface area contributed by atoms with Gasteiger partial charge in [-0.25, -0.2) is 9.59 Å². The maximum atomic E-state index is 11.7. The number of unbranched alkanes of at least 4 members (excludes halogenated alkanes) is 1. The van der Waals surface area contributed by atoms with Gasteiger partial charge in [-0.2, -0.15) is 0 Å². The van der Waals surface area contributed by atoms with E-state index in [0.29, 0.717) is 12.8 Å². The quantitative estimate of drug-likeness (QED) is 0.809. The summed E-state index contributed by atoms with van der Waals surface area (Å²) in [5.74, 6) is -0.721. The topological polar surface area (TPSA) is 77.8 Å². The Labute approximate surface area is 107 Å². The predicted molar refractivity (Wildman–Crippen MR) is 65.5 cm³/mol. The van der Waals surface area contributed by atoms with E-state index in [0.717, 1.165) is 32.1 Å². The third-order valence-electron chi connectivity index (χ3n) is 4.56. The van der Waals surface area contributed by atoms with E-state index in [4.69, 9.17) is 0 Å². The van der Waals surface area contributed by atoms with Crippen LogP contribution in [0.2, 0.25) is 0 Å². The van der Waals surface area contributed by atoms with Crippen LogP contribution in [0.25, 0.3) is 0 Å². The summed E-state index contributed by atoms with van der Waals surface area (Å²) in [6, 6.07) is -0.0737. The second-order valence-electron chi connectivity index (χ2n) is 5.56. The van der Waals surface area contributed by atoms with Gasteiger partial charge in [-0.3, -0.25) is 4.90 Å². The summed E-state index contributed by atoms with van der Waals surface area (Å²) in [5, 5.41) is 19.0. The van der Waals surface area contributed by atoms with Crippen molar-refractivity contribution in [3.05, 3.63) is 0 Å². The minimum absolute atomic E-state index is 0.0737. The van der Waals surface area contributed by atoms with Crippen molar-refractivity contribution in [1.82, 2.24) is 4.90 Å². The van der Waals surface area contributed by atoms with Crippen LogP contribution in [0.1, 0.15) is 51.9 Å². The molecule has 18 heavy (non-hydrogen) atoms. The fourth-order valence-electron chi connectivity index (χ4n) is 3.76. The van der Waals surface area contributed by atoms with E-state index in [1.54, 1.807) is 0 Å². The number of likely N-dealkylation sites (tertiary alicyclic amines) is 1. The van der Waals surface area contributed by atoms with Crippen LogP contribution in [0.5, 0.6) is 0 Å². The highest BCUT2D eigenvalue weighted by atomic mass is 16.4. The van der Waals surface area contributed by atoms with Crippen LogP contribution >= 0.6 is 0 Å². The van der Waals surface area contributed by atoms with Crippen LogP contribution in [0, 0.1) is 5.92 Å². The molecule has 2 rings (SSSR count). The molecule has 1 aliphatic heterocycles. The molecule has 0 aromatic carbocycles. The van der Waals surface area contributed by atoms with Crippen molar-refractivity contribution in [1.29, 1.82) is 0 Å². The summed E-state index contributed by atoms with van der Waals surface area (Å²) in [5.41, 5.74) is -1.17. The number of hydrogen-bond acceptors (Lipinski definition) is 2. The number of carboxylic acids is 1. The van der Waals surface area contributed by atoms with Gasteiger partial charge in [0, 0.05) is 6.04 Å². The number of carboxylic acid groups (broad SMARTS) is 2. The second kappa shape index (κ2) is 4.78. The maximum Gasteiger partial charge on any atom is 0.408 e. The minimum atomic E-state index is -1.17. The lowest BCUT2D eigenvalue weighted by atomic mass is 9.86. The second-order valence-corrected chi connectivity index (χ2v) is 5.56. The Morgan fingerprint density at radius 2 is 2.06 bits per heavy atom. The van der Waals surface area contributed by atoms with Crippen molar-refractivity contribution in [2.45, 2.75) is 63.5 Å². The van der Waals surface area contributed by atoms with Gasteiger partial charge in [0.15, 0.2) is 0 Å². The molecule has 1 saturated carbocycles.